The molecule has 2 aromatic carbocycles. The Kier molecular flexibility index (Phi) is 3.95. The second-order valence-corrected chi connectivity index (χ2v) is 4.20. The van der Waals surface area contributed by atoms with Gasteiger partial charge in [-0.25, -0.2) is 4.39 Å². The third-order valence-electron chi connectivity index (χ3n) is 2.71. The van der Waals surface area contributed by atoms with Gasteiger partial charge in [0.1, 0.15) is 17.3 Å². The SMILES string of the molecule is Cc1ccc(Oc2cccc(CCN)c2)cc1F. The lowest BCUT2D eigenvalue weighted by Gasteiger charge is -2.08. The molecule has 0 atom stereocenters. The fraction of sp³-hybridized carbons (Fsp3) is 0.200. The first-order valence-corrected chi connectivity index (χ1v) is 5.92. The fourth-order valence-electron chi connectivity index (χ4n) is 1.70. The van der Waals surface area contributed by atoms with E-state index in [0.29, 0.717) is 23.6 Å². The topological polar surface area (TPSA) is 35.2 Å². The Balaban J connectivity index is 2.17. The van der Waals surface area contributed by atoms with Crippen molar-refractivity contribution in [3.8, 4) is 11.5 Å². The summed E-state index contributed by atoms with van der Waals surface area (Å²) in [4.78, 5) is 0. The molecule has 2 aromatic rings. The number of rotatable bonds is 4. The number of hydrogen-bond acceptors (Lipinski definition) is 2. The van der Waals surface area contributed by atoms with Crippen molar-refractivity contribution >= 4 is 0 Å². The number of nitrogens with two attached hydrogens (primary N) is 1. The van der Waals surface area contributed by atoms with E-state index in [2.05, 4.69) is 0 Å². The van der Waals surface area contributed by atoms with Gasteiger partial charge in [-0.2, -0.15) is 0 Å². The highest BCUT2D eigenvalue weighted by atomic mass is 19.1. The molecule has 0 amide bonds. The van der Waals surface area contributed by atoms with Crippen molar-refractivity contribution in [2.45, 2.75) is 13.3 Å². The second-order valence-electron chi connectivity index (χ2n) is 4.20. The molecule has 0 saturated carbocycles. The Morgan fingerprint density at radius 2 is 1.89 bits per heavy atom. The minimum Gasteiger partial charge on any atom is -0.457 e. The smallest absolute Gasteiger partial charge is 0.130 e. The van der Waals surface area contributed by atoms with Gasteiger partial charge in [-0.3, -0.25) is 0 Å². The van der Waals surface area contributed by atoms with Crippen LogP contribution in [0.4, 0.5) is 4.39 Å². The standard InChI is InChI=1S/C15H16FNO/c1-11-5-6-14(10-15(11)16)18-13-4-2-3-12(9-13)7-8-17/h2-6,9-10H,7-8,17H2,1H3. The Labute approximate surface area is 106 Å². The van der Waals surface area contributed by atoms with E-state index in [4.69, 9.17) is 10.5 Å². The van der Waals surface area contributed by atoms with Crippen LogP contribution >= 0.6 is 0 Å². The van der Waals surface area contributed by atoms with Gasteiger partial charge >= 0.3 is 0 Å². The van der Waals surface area contributed by atoms with E-state index in [1.807, 2.05) is 24.3 Å². The summed E-state index contributed by atoms with van der Waals surface area (Å²) in [6.07, 6.45) is 0.805. The predicted molar refractivity (Wildman–Crippen MR) is 70.4 cm³/mol. The largest absolute Gasteiger partial charge is 0.457 e. The van der Waals surface area contributed by atoms with Crippen LogP contribution in [0.3, 0.4) is 0 Å². The first kappa shape index (κ1) is 12.6. The zero-order valence-electron chi connectivity index (χ0n) is 10.3. The molecule has 0 bridgehead atoms. The Hall–Kier alpha value is -1.87. The van der Waals surface area contributed by atoms with Crippen LogP contribution in [-0.2, 0) is 6.42 Å². The maximum absolute atomic E-state index is 13.4. The van der Waals surface area contributed by atoms with E-state index in [1.165, 1.54) is 6.07 Å². The molecule has 0 radical (unpaired) electrons. The Morgan fingerprint density at radius 3 is 2.61 bits per heavy atom. The van der Waals surface area contributed by atoms with Gasteiger partial charge in [0.15, 0.2) is 0 Å². The fourth-order valence-corrected chi connectivity index (χ4v) is 1.70. The van der Waals surface area contributed by atoms with Gasteiger partial charge in [0, 0.05) is 6.07 Å². The van der Waals surface area contributed by atoms with Crippen LogP contribution in [0.2, 0.25) is 0 Å². The lowest BCUT2D eigenvalue weighted by molar-refractivity contribution is 0.475. The van der Waals surface area contributed by atoms with E-state index in [-0.39, 0.29) is 5.82 Å². The average molecular weight is 245 g/mol. The second kappa shape index (κ2) is 5.65. The molecule has 2 rings (SSSR count). The molecular formula is C15H16FNO. The first-order chi connectivity index (χ1) is 8.69. The van der Waals surface area contributed by atoms with Crippen LogP contribution in [-0.4, -0.2) is 6.54 Å². The quantitative estimate of drug-likeness (QED) is 0.895. The zero-order valence-corrected chi connectivity index (χ0v) is 10.3. The van der Waals surface area contributed by atoms with Crippen LogP contribution in [0.15, 0.2) is 42.5 Å². The number of aryl methyl sites for hydroxylation is 1. The van der Waals surface area contributed by atoms with Gasteiger partial charge in [-0.15, -0.1) is 0 Å². The molecule has 0 aliphatic rings. The minimum absolute atomic E-state index is 0.259. The molecule has 0 aliphatic carbocycles. The van der Waals surface area contributed by atoms with Crippen molar-refractivity contribution in [2.24, 2.45) is 5.73 Å². The van der Waals surface area contributed by atoms with Crippen LogP contribution < -0.4 is 10.5 Å². The maximum atomic E-state index is 13.4. The molecule has 0 spiro atoms. The van der Waals surface area contributed by atoms with Crippen molar-refractivity contribution in [2.75, 3.05) is 6.54 Å². The third kappa shape index (κ3) is 3.08. The highest BCUT2D eigenvalue weighted by molar-refractivity contribution is 5.35. The van der Waals surface area contributed by atoms with Crippen LogP contribution in [0, 0.1) is 12.7 Å². The summed E-state index contributed by atoms with van der Waals surface area (Å²) >= 11 is 0. The lowest BCUT2D eigenvalue weighted by atomic mass is 10.1. The van der Waals surface area contributed by atoms with Gasteiger partial charge in [0.05, 0.1) is 0 Å². The van der Waals surface area contributed by atoms with E-state index in [9.17, 15) is 4.39 Å². The van der Waals surface area contributed by atoms with Crippen LogP contribution in [0.25, 0.3) is 0 Å². The van der Waals surface area contributed by atoms with E-state index in [0.717, 1.165) is 12.0 Å². The molecule has 2 nitrogen and oxygen atoms in total. The summed E-state index contributed by atoms with van der Waals surface area (Å²) in [5, 5.41) is 0. The summed E-state index contributed by atoms with van der Waals surface area (Å²) in [5.74, 6) is 0.942. The summed E-state index contributed by atoms with van der Waals surface area (Å²) in [7, 11) is 0. The number of benzene rings is 2. The first-order valence-electron chi connectivity index (χ1n) is 5.92. The van der Waals surface area contributed by atoms with E-state index in [1.54, 1.807) is 19.1 Å². The summed E-state index contributed by atoms with van der Waals surface area (Å²) < 4.78 is 19.0. The number of halogens is 1. The number of ether oxygens (including phenoxy) is 1. The van der Waals surface area contributed by atoms with Crippen molar-refractivity contribution < 1.29 is 9.13 Å². The number of hydrogen-bond donors (Lipinski definition) is 1. The molecule has 2 N–H and O–H groups in total. The maximum Gasteiger partial charge on any atom is 0.130 e. The molecule has 0 aliphatic heterocycles. The van der Waals surface area contributed by atoms with Gasteiger partial charge in [-0.1, -0.05) is 18.2 Å². The van der Waals surface area contributed by atoms with Crippen LogP contribution in [0.1, 0.15) is 11.1 Å². The normalized spacial score (nSPS) is 10.4. The lowest BCUT2D eigenvalue weighted by Crippen LogP contribution is -2.02. The van der Waals surface area contributed by atoms with Crippen molar-refractivity contribution in [3.05, 3.63) is 59.4 Å². The van der Waals surface area contributed by atoms with E-state index >= 15 is 0 Å². The Morgan fingerprint density at radius 1 is 1.11 bits per heavy atom. The molecule has 0 aromatic heterocycles. The summed E-state index contributed by atoms with van der Waals surface area (Å²) in [6.45, 7) is 2.32. The molecule has 0 saturated heterocycles. The van der Waals surface area contributed by atoms with Crippen LogP contribution in [0.5, 0.6) is 11.5 Å². The van der Waals surface area contributed by atoms with E-state index < -0.39 is 0 Å². The average Bonchev–Trinajstić information content (AvgIpc) is 2.35. The molecular weight excluding hydrogens is 229 g/mol. The molecule has 3 heteroatoms. The van der Waals surface area contributed by atoms with Gasteiger partial charge in [0.2, 0.25) is 0 Å². The predicted octanol–water partition coefficient (Wildman–Crippen LogP) is 3.43. The molecule has 0 fully saturated rings. The summed E-state index contributed by atoms with van der Waals surface area (Å²) in [6, 6.07) is 12.5. The third-order valence-corrected chi connectivity index (χ3v) is 2.71. The van der Waals surface area contributed by atoms with Crippen molar-refractivity contribution in [1.82, 2.24) is 0 Å². The van der Waals surface area contributed by atoms with Gasteiger partial charge < -0.3 is 10.5 Å². The molecule has 0 heterocycles. The van der Waals surface area contributed by atoms with Crippen molar-refractivity contribution in [1.29, 1.82) is 0 Å². The Bertz CT molecular complexity index is 540. The monoisotopic (exact) mass is 245 g/mol. The highest BCUT2D eigenvalue weighted by Gasteiger charge is 2.02. The zero-order chi connectivity index (χ0) is 13.0. The molecule has 0 unspecified atom stereocenters. The highest BCUT2D eigenvalue weighted by Crippen LogP contribution is 2.24. The van der Waals surface area contributed by atoms with Gasteiger partial charge in [0.25, 0.3) is 0 Å². The summed E-state index contributed by atoms with van der Waals surface area (Å²) in [5.41, 5.74) is 7.23. The molecule has 18 heavy (non-hydrogen) atoms. The van der Waals surface area contributed by atoms with Gasteiger partial charge in [-0.05, 0) is 49.2 Å². The minimum atomic E-state index is -0.259. The van der Waals surface area contributed by atoms with Crippen molar-refractivity contribution in [3.63, 3.8) is 0 Å². The molecule has 94 valence electrons.